The fourth-order valence-corrected chi connectivity index (χ4v) is 3.24. The summed E-state index contributed by atoms with van der Waals surface area (Å²) in [6.45, 7) is 5.49. The molecule has 1 saturated carbocycles. The van der Waals surface area contributed by atoms with Gasteiger partial charge in [-0.1, -0.05) is 19.3 Å². The molecule has 0 aromatic carbocycles. The van der Waals surface area contributed by atoms with Crippen molar-refractivity contribution < 1.29 is 14.4 Å². The molecule has 2 rings (SSSR count). The molecule has 1 saturated heterocycles. The fourth-order valence-electron chi connectivity index (χ4n) is 3.24. The molecule has 0 atom stereocenters. The molecule has 0 aromatic rings. The minimum Gasteiger partial charge on any atom is -0.350 e. The van der Waals surface area contributed by atoms with E-state index in [0.717, 1.165) is 37.0 Å². The van der Waals surface area contributed by atoms with E-state index in [2.05, 4.69) is 5.32 Å². The third kappa shape index (κ3) is 3.02. The van der Waals surface area contributed by atoms with Crippen molar-refractivity contribution in [3.63, 3.8) is 0 Å². The number of nitrogens with zero attached hydrogens (tertiary/aromatic N) is 1. The van der Waals surface area contributed by atoms with Crippen LogP contribution >= 0.6 is 0 Å². The van der Waals surface area contributed by atoms with Crippen LogP contribution in [-0.4, -0.2) is 34.7 Å². The van der Waals surface area contributed by atoms with Gasteiger partial charge in [0.1, 0.15) is 6.54 Å². The van der Waals surface area contributed by atoms with Gasteiger partial charge in [-0.15, -0.1) is 0 Å². The van der Waals surface area contributed by atoms with Gasteiger partial charge < -0.3 is 5.32 Å². The second-order valence-corrected chi connectivity index (χ2v) is 7.10. The fraction of sp³-hybridized carbons (Fsp3) is 0.800. The first-order valence-corrected chi connectivity index (χ1v) is 7.39. The highest BCUT2D eigenvalue weighted by Gasteiger charge is 2.51. The third-order valence-electron chi connectivity index (χ3n) is 4.12. The molecule has 1 aliphatic heterocycles. The summed E-state index contributed by atoms with van der Waals surface area (Å²) in [5.74, 6) is -0.598. The van der Waals surface area contributed by atoms with Crippen molar-refractivity contribution in [2.24, 2.45) is 5.41 Å². The molecule has 0 radical (unpaired) electrons. The number of likely N-dealkylation sites (tertiary alicyclic amines) is 1. The predicted molar refractivity (Wildman–Crippen MR) is 74.8 cm³/mol. The van der Waals surface area contributed by atoms with Crippen LogP contribution in [0, 0.1) is 5.41 Å². The number of hydrogen-bond acceptors (Lipinski definition) is 3. The van der Waals surface area contributed by atoms with E-state index in [1.54, 1.807) is 0 Å². The Morgan fingerprint density at radius 1 is 1.20 bits per heavy atom. The summed E-state index contributed by atoms with van der Waals surface area (Å²) in [5, 5.41) is 2.79. The molecule has 1 aliphatic carbocycles. The molecule has 2 fully saturated rings. The lowest BCUT2D eigenvalue weighted by Crippen LogP contribution is -2.48. The minimum atomic E-state index is -0.503. The quantitative estimate of drug-likeness (QED) is 0.781. The molecule has 112 valence electrons. The van der Waals surface area contributed by atoms with E-state index in [4.69, 9.17) is 0 Å². The molecular weight excluding hydrogens is 256 g/mol. The van der Waals surface area contributed by atoms with Crippen LogP contribution in [-0.2, 0) is 14.4 Å². The van der Waals surface area contributed by atoms with Gasteiger partial charge in [-0.25, -0.2) is 0 Å². The lowest BCUT2D eigenvalue weighted by molar-refractivity contribution is -0.145. The zero-order valence-electron chi connectivity index (χ0n) is 12.6. The first kappa shape index (κ1) is 15.0. The smallest absolute Gasteiger partial charge is 0.240 e. The van der Waals surface area contributed by atoms with Gasteiger partial charge >= 0.3 is 0 Å². The maximum absolute atomic E-state index is 12.5. The van der Waals surface area contributed by atoms with Gasteiger partial charge in [-0.2, -0.15) is 0 Å². The molecule has 1 spiro atoms. The zero-order chi connectivity index (χ0) is 15.0. The summed E-state index contributed by atoms with van der Waals surface area (Å²) in [5.41, 5.74) is -0.858. The Hall–Kier alpha value is -1.39. The number of hydrogen-bond donors (Lipinski definition) is 1. The third-order valence-corrected chi connectivity index (χ3v) is 4.12. The van der Waals surface area contributed by atoms with E-state index in [9.17, 15) is 14.4 Å². The molecule has 3 amide bonds. The van der Waals surface area contributed by atoms with Gasteiger partial charge in [-0.05, 0) is 33.6 Å². The second kappa shape index (κ2) is 5.19. The Labute approximate surface area is 120 Å². The summed E-state index contributed by atoms with van der Waals surface area (Å²) in [7, 11) is 0. The van der Waals surface area contributed by atoms with E-state index in [0.29, 0.717) is 0 Å². The first-order valence-electron chi connectivity index (χ1n) is 7.39. The van der Waals surface area contributed by atoms with Crippen LogP contribution in [0.5, 0.6) is 0 Å². The average molecular weight is 280 g/mol. The minimum absolute atomic E-state index is 0.133. The summed E-state index contributed by atoms with van der Waals surface area (Å²) in [6.07, 6.45) is 4.99. The number of amides is 3. The van der Waals surface area contributed by atoms with Gasteiger partial charge in [0.05, 0.1) is 5.41 Å². The molecule has 0 aromatic heterocycles. The van der Waals surface area contributed by atoms with E-state index in [-0.39, 0.29) is 36.2 Å². The zero-order valence-corrected chi connectivity index (χ0v) is 12.6. The van der Waals surface area contributed by atoms with E-state index < -0.39 is 5.41 Å². The van der Waals surface area contributed by atoms with Crippen LogP contribution in [0.4, 0.5) is 0 Å². The van der Waals surface area contributed by atoms with Crippen molar-refractivity contribution in [3.8, 4) is 0 Å². The van der Waals surface area contributed by atoms with Crippen molar-refractivity contribution in [2.45, 2.75) is 64.8 Å². The van der Waals surface area contributed by atoms with Gasteiger partial charge in [0.15, 0.2) is 0 Å². The average Bonchev–Trinajstić information content (AvgIpc) is 2.53. The highest BCUT2D eigenvalue weighted by atomic mass is 16.2. The number of carbonyl (C=O) groups excluding carboxylic acids is 3. The van der Waals surface area contributed by atoms with Gasteiger partial charge in [0.2, 0.25) is 17.7 Å². The Kier molecular flexibility index (Phi) is 3.89. The summed E-state index contributed by atoms with van der Waals surface area (Å²) in [4.78, 5) is 37.7. The van der Waals surface area contributed by atoms with Crippen LogP contribution in [0.15, 0.2) is 0 Å². The molecule has 0 bridgehead atoms. The van der Waals surface area contributed by atoms with E-state index >= 15 is 0 Å². The topological polar surface area (TPSA) is 66.5 Å². The number of nitrogens with one attached hydrogen (secondary N) is 1. The molecule has 5 heteroatoms. The largest absolute Gasteiger partial charge is 0.350 e. The summed E-state index contributed by atoms with van der Waals surface area (Å²) < 4.78 is 0. The van der Waals surface area contributed by atoms with Gasteiger partial charge in [-0.3, -0.25) is 19.3 Å². The number of imide groups is 1. The lowest BCUT2D eigenvalue weighted by atomic mass is 9.73. The van der Waals surface area contributed by atoms with Crippen LogP contribution in [0.2, 0.25) is 0 Å². The van der Waals surface area contributed by atoms with Gasteiger partial charge in [0.25, 0.3) is 0 Å². The molecule has 20 heavy (non-hydrogen) atoms. The van der Waals surface area contributed by atoms with Crippen LogP contribution < -0.4 is 5.32 Å². The lowest BCUT2D eigenvalue weighted by Gasteiger charge is -2.30. The van der Waals surface area contributed by atoms with Gasteiger partial charge in [0, 0.05) is 12.0 Å². The van der Waals surface area contributed by atoms with Crippen molar-refractivity contribution in [1.82, 2.24) is 10.2 Å². The van der Waals surface area contributed by atoms with Crippen molar-refractivity contribution >= 4 is 17.7 Å². The number of carbonyl (C=O) groups is 3. The SMILES string of the molecule is CC(C)(C)NC(=O)CN1C(=O)CC2(CCCCC2)C1=O. The van der Waals surface area contributed by atoms with Crippen LogP contribution in [0.25, 0.3) is 0 Å². The highest BCUT2D eigenvalue weighted by molar-refractivity contribution is 6.08. The Bertz CT molecular complexity index is 431. The van der Waals surface area contributed by atoms with Crippen molar-refractivity contribution in [1.29, 1.82) is 0 Å². The molecular formula is C15H24N2O3. The summed E-state index contributed by atoms with van der Waals surface area (Å²) >= 11 is 0. The molecule has 0 unspecified atom stereocenters. The molecule has 1 heterocycles. The standard InChI is InChI=1S/C15H24N2O3/c1-14(2,3)16-11(18)10-17-12(19)9-15(13(17)20)7-5-4-6-8-15/h4-10H2,1-3H3,(H,16,18). The van der Waals surface area contributed by atoms with Crippen LogP contribution in [0.3, 0.4) is 0 Å². The maximum atomic E-state index is 12.5. The molecule has 5 nitrogen and oxygen atoms in total. The maximum Gasteiger partial charge on any atom is 0.240 e. The molecule has 1 N–H and O–H groups in total. The van der Waals surface area contributed by atoms with Crippen molar-refractivity contribution in [2.75, 3.05) is 6.54 Å². The molecule has 2 aliphatic rings. The van der Waals surface area contributed by atoms with E-state index in [1.165, 1.54) is 0 Å². The highest BCUT2D eigenvalue weighted by Crippen LogP contribution is 2.45. The van der Waals surface area contributed by atoms with E-state index in [1.807, 2.05) is 20.8 Å². The normalized spacial score (nSPS) is 22.4. The summed E-state index contributed by atoms with van der Waals surface area (Å²) in [6, 6.07) is 0. The first-order chi connectivity index (χ1) is 9.23. The van der Waals surface area contributed by atoms with Crippen LogP contribution in [0.1, 0.15) is 59.3 Å². The number of rotatable bonds is 2. The van der Waals surface area contributed by atoms with Crippen molar-refractivity contribution in [3.05, 3.63) is 0 Å². The Morgan fingerprint density at radius 3 is 2.35 bits per heavy atom. The monoisotopic (exact) mass is 280 g/mol. The Balaban J connectivity index is 2.04. The second-order valence-electron chi connectivity index (χ2n) is 7.10. The predicted octanol–water partition coefficient (Wildman–Crippen LogP) is 1.61. The Morgan fingerprint density at radius 2 is 1.80 bits per heavy atom.